The van der Waals surface area contributed by atoms with Crippen LogP contribution in [-0.2, 0) is 0 Å². The third kappa shape index (κ3) is 3.94. The van der Waals surface area contributed by atoms with E-state index in [2.05, 4.69) is 22.6 Å². The fourth-order valence-electron chi connectivity index (χ4n) is 2.19. The molecule has 1 aliphatic rings. The van der Waals surface area contributed by atoms with E-state index in [-0.39, 0.29) is 5.91 Å². The Balaban J connectivity index is 1.83. The van der Waals surface area contributed by atoms with E-state index >= 15 is 0 Å². The summed E-state index contributed by atoms with van der Waals surface area (Å²) in [5, 5.41) is 6.36. The van der Waals surface area contributed by atoms with Crippen molar-refractivity contribution < 1.29 is 9.53 Å². The summed E-state index contributed by atoms with van der Waals surface area (Å²) in [6.45, 7) is 3.64. The number of carbonyl (C=O) groups is 1. The third-order valence-electron chi connectivity index (χ3n) is 3.32. The van der Waals surface area contributed by atoms with E-state index in [9.17, 15) is 4.79 Å². The van der Waals surface area contributed by atoms with Crippen LogP contribution < -0.4 is 15.4 Å². The number of benzene rings is 1. The predicted octanol–water partition coefficient (Wildman–Crippen LogP) is 0.329. The summed E-state index contributed by atoms with van der Waals surface area (Å²) in [5.41, 5.74) is 0.657. The van der Waals surface area contributed by atoms with E-state index in [0.29, 0.717) is 18.2 Å². The summed E-state index contributed by atoms with van der Waals surface area (Å²) >= 11 is 0. The summed E-state index contributed by atoms with van der Waals surface area (Å²) < 4.78 is 5.07. The lowest BCUT2D eigenvalue weighted by Crippen LogP contribution is -2.53. The maximum absolute atomic E-state index is 12.0. The second kappa shape index (κ2) is 6.54. The molecule has 1 fully saturated rings. The molecule has 0 bridgehead atoms. The smallest absolute Gasteiger partial charge is 0.251 e. The fraction of sp³-hybridized carbons (Fsp3) is 0.500. The van der Waals surface area contributed by atoms with Gasteiger partial charge in [0.05, 0.1) is 7.11 Å². The molecule has 1 aliphatic heterocycles. The Morgan fingerprint density at radius 3 is 2.84 bits per heavy atom. The molecule has 104 valence electrons. The molecule has 2 N–H and O–H groups in total. The van der Waals surface area contributed by atoms with E-state index in [1.807, 2.05) is 0 Å². The Kier molecular flexibility index (Phi) is 4.76. The number of ether oxygens (including phenoxy) is 1. The normalized spacial score (nSPS) is 20.0. The molecule has 2 rings (SSSR count). The zero-order valence-corrected chi connectivity index (χ0v) is 11.5. The van der Waals surface area contributed by atoms with Crippen molar-refractivity contribution in [2.45, 2.75) is 6.04 Å². The van der Waals surface area contributed by atoms with Crippen LogP contribution in [0.15, 0.2) is 24.3 Å². The molecule has 1 aromatic rings. The number of nitrogens with one attached hydrogen (secondary N) is 2. The first-order valence-electron chi connectivity index (χ1n) is 6.53. The molecule has 19 heavy (non-hydrogen) atoms. The lowest BCUT2D eigenvalue weighted by Gasteiger charge is -2.30. The van der Waals surface area contributed by atoms with Crippen LogP contribution in [0.1, 0.15) is 10.4 Å². The monoisotopic (exact) mass is 263 g/mol. The first kappa shape index (κ1) is 13.8. The van der Waals surface area contributed by atoms with Crippen molar-refractivity contribution in [3.63, 3.8) is 0 Å². The maximum Gasteiger partial charge on any atom is 0.251 e. The minimum absolute atomic E-state index is 0.0438. The van der Waals surface area contributed by atoms with Crippen LogP contribution in [0.2, 0.25) is 0 Å². The highest BCUT2D eigenvalue weighted by molar-refractivity contribution is 5.94. The van der Waals surface area contributed by atoms with E-state index in [1.165, 1.54) is 0 Å². The van der Waals surface area contributed by atoms with Gasteiger partial charge in [0.15, 0.2) is 0 Å². The van der Waals surface area contributed by atoms with Gasteiger partial charge in [-0.05, 0) is 31.3 Å². The molecule has 5 nitrogen and oxygen atoms in total. The predicted molar refractivity (Wildman–Crippen MR) is 74.6 cm³/mol. The molecule has 0 aromatic heterocycles. The zero-order valence-electron chi connectivity index (χ0n) is 11.5. The lowest BCUT2D eigenvalue weighted by atomic mass is 10.2. The van der Waals surface area contributed by atoms with Crippen molar-refractivity contribution in [1.29, 1.82) is 0 Å². The summed E-state index contributed by atoms with van der Waals surface area (Å²) in [4.78, 5) is 14.2. The SMILES string of the molecule is COc1ccc(C(=O)NCC2CN(C)CCN2)cc1. The highest BCUT2D eigenvalue weighted by Crippen LogP contribution is 2.11. The van der Waals surface area contributed by atoms with Gasteiger partial charge in [0.1, 0.15) is 5.75 Å². The van der Waals surface area contributed by atoms with Gasteiger partial charge >= 0.3 is 0 Å². The van der Waals surface area contributed by atoms with Gasteiger partial charge in [-0.2, -0.15) is 0 Å². The minimum Gasteiger partial charge on any atom is -0.497 e. The molecule has 0 aliphatic carbocycles. The molecule has 1 aromatic carbocycles. The second-order valence-corrected chi connectivity index (χ2v) is 4.85. The molecule has 0 saturated carbocycles. The second-order valence-electron chi connectivity index (χ2n) is 4.85. The quantitative estimate of drug-likeness (QED) is 0.822. The molecule has 0 spiro atoms. The summed E-state index contributed by atoms with van der Waals surface area (Å²) in [6.07, 6.45) is 0. The molecular weight excluding hydrogens is 242 g/mol. The first-order valence-corrected chi connectivity index (χ1v) is 6.53. The van der Waals surface area contributed by atoms with E-state index < -0.39 is 0 Å². The van der Waals surface area contributed by atoms with Gasteiger partial charge in [0, 0.05) is 37.8 Å². The Morgan fingerprint density at radius 2 is 2.21 bits per heavy atom. The Morgan fingerprint density at radius 1 is 1.47 bits per heavy atom. The zero-order chi connectivity index (χ0) is 13.7. The van der Waals surface area contributed by atoms with Gasteiger partial charge in [-0.3, -0.25) is 4.79 Å². The minimum atomic E-state index is -0.0438. The number of carbonyl (C=O) groups excluding carboxylic acids is 1. The van der Waals surface area contributed by atoms with Crippen LogP contribution >= 0.6 is 0 Å². The highest BCUT2D eigenvalue weighted by atomic mass is 16.5. The van der Waals surface area contributed by atoms with Crippen molar-refractivity contribution in [2.24, 2.45) is 0 Å². The van der Waals surface area contributed by atoms with Gasteiger partial charge < -0.3 is 20.3 Å². The first-order chi connectivity index (χ1) is 9.19. The van der Waals surface area contributed by atoms with Crippen LogP contribution in [0, 0.1) is 0 Å². The molecule has 5 heteroatoms. The number of nitrogens with zero attached hydrogens (tertiary/aromatic N) is 1. The Labute approximate surface area is 113 Å². The lowest BCUT2D eigenvalue weighted by molar-refractivity contribution is 0.0944. The molecule has 1 amide bonds. The highest BCUT2D eigenvalue weighted by Gasteiger charge is 2.17. The molecule has 0 radical (unpaired) electrons. The van der Waals surface area contributed by atoms with Gasteiger partial charge in [0.2, 0.25) is 0 Å². The van der Waals surface area contributed by atoms with Crippen LogP contribution in [0.5, 0.6) is 5.75 Å². The Bertz CT molecular complexity index is 419. The topological polar surface area (TPSA) is 53.6 Å². The van der Waals surface area contributed by atoms with Gasteiger partial charge in [-0.15, -0.1) is 0 Å². The standard InChI is InChI=1S/C14H21N3O2/c1-17-8-7-15-12(10-17)9-16-14(18)11-3-5-13(19-2)6-4-11/h3-6,12,15H,7-10H2,1-2H3,(H,16,18). The number of piperazine rings is 1. The molecule has 1 atom stereocenters. The van der Waals surface area contributed by atoms with Gasteiger partial charge in [0.25, 0.3) is 5.91 Å². The molecule has 1 saturated heterocycles. The Hall–Kier alpha value is -1.59. The number of rotatable bonds is 4. The van der Waals surface area contributed by atoms with Crippen LogP contribution in [0.25, 0.3) is 0 Å². The third-order valence-corrected chi connectivity index (χ3v) is 3.32. The molecule has 1 unspecified atom stereocenters. The summed E-state index contributed by atoms with van der Waals surface area (Å²) in [5.74, 6) is 0.713. The fourth-order valence-corrected chi connectivity index (χ4v) is 2.19. The van der Waals surface area contributed by atoms with Crippen molar-refractivity contribution in [2.75, 3.05) is 40.3 Å². The molecular formula is C14H21N3O2. The van der Waals surface area contributed by atoms with Gasteiger partial charge in [-0.1, -0.05) is 0 Å². The van der Waals surface area contributed by atoms with Crippen molar-refractivity contribution in [3.8, 4) is 5.75 Å². The van der Waals surface area contributed by atoms with Crippen LogP contribution in [0.4, 0.5) is 0 Å². The number of methoxy groups -OCH3 is 1. The van der Waals surface area contributed by atoms with Gasteiger partial charge in [-0.25, -0.2) is 0 Å². The largest absolute Gasteiger partial charge is 0.497 e. The molecule has 1 heterocycles. The van der Waals surface area contributed by atoms with E-state index in [0.717, 1.165) is 25.4 Å². The van der Waals surface area contributed by atoms with E-state index in [4.69, 9.17) is 4.74 Å². The maximum atomic E-state index is 12.0. The summed E-state index contributed by atoms with van der Waals surface area (Å²) in [7, 11) is 3.71. The number of hydrogen-bond donors (Lipinski definition) is 2. The van der Waals surface area contributed by atoms with Crippen molar-refractivity contribution in [1.82, 2.24) is 15.5 Å². The van der Waals surface area contributed by atoms with E-state index in [1.54, 1.807) is 31.4 Å². The number of likely N-dealkylation sites (N-methyl/N-ethyl adjacent to an activating group) is 1. The van der Waals surface area contributed by atoms with Crippen molar-refractivity contribution >= 4 is 5.91 Å². The average molecular weight is 263 g/mol. The summed E-state index contributed by atoms with van der Waals surface area (Å²) in [6, 6.07) is 7.45. The van der Waals surface area contributed by atoms with Crippen LogP contribution in [0.3, 0.4) is 0 Å². The average Bonchev–Trinajstić information content (AvgIpc) is 2.45. The number of amides is 1. The van der Waals surface area contributed by atoms with Crippen LogP contribution in [-0.4, -0.2) is 57.2 Å². The number of hydrogen-bond acceptors (Lipinski definition) is 4. The van der Waals surface area contributed by atoms with Crippen molar-refractivity contribution in [3.05, 3.63) is 29.8 Å².